The van der Waals surface area contributed by atoms with Gasteiger partial charge in [-0.3, -0.25) is 9.59 Å². The molecule has 9 nitrogen and oxygen atoms in total. The summed E-state index contributed by atoms with van der Waals surface area (Å²) in [4.78, 5) is 27.0. The molecule has 35 heavy (non-hydrogen) atoms. The summed E-state index contributed by atoms with van der Waals surface area (Å²) in [5, 5.41) is 9.03. The summed E-state index contributed by atoms with van der Waals surface area (Å²) in [5.74, 6) is -0.170. The van der Waals surface area contributed by atoms with E-state index in [1.54, 1.807) is 12.1 Å². The number of amides is 2. The van der Waals surface area contributed by atoms with Crippen LogP contribution in [0.15, 0.2) is 53.6 Å². The van der Waals surface area contributed by atoms with Gasteiger partial charge >= 0.3 is 0 Å². The summed E-state index contributed by atoms with van der Waals surface area (Å²) in [7, 11) is -3.90. The van der Waals surface area contributed by atoms with Crippen molar-refractivity contribution >= 4 is 50.1 Å². The van der Waals surface area contributed by atoms with Crippen LogP contribution in [-0.2, 0) is 30.9 Å². The molecule has 2 amide bonds. The molecular weight excluding hydrogens is 468 g/mol. The Morgan fingerprint density at radius 3 is 2.69 bits per heavy atom. The van der Waals surface area contributed by atoms with Gasteiger partial charge < -0.3 is 19.5 Å². The van der Waals surface area contributed by atoms with Crippen molar-refractivity contribution in [3.05, 3.63) is 59.8 Å². The first-order chi connectivity index (χ1) is 16.8. The fraction of sp³-hybridized carbons (Fsp3) is 0.280. The second kappa shape index (κ2) is 9.29. The Labute approximate surface area is 203 Å². The molecule has 0 unspecified atom stereocenters. The summed E-state index contributed by atoms with van der Waals surface area (Å²) in [6.45, 7) is 3.10. The predicted octanol–water partition coefficient (Wildman–Crippen LogP) is 2.42. The molecule has 0 saturated carbocycles. The minimum absolute atomic E-state index is 0.0500. The Morgan fingerprint density at radius 1 is 1.14 bits per heavy atom. The van der Waals surface area contributed by atoms with Gasteiger partial charge in [-0.2, -0.15) is 0 Å². The van der Waals surface area contributed by atoms with Crippen LogP contribution in [0.4, 0.5) is 5.69 Å². The summed E-state index contributed by atoms with van der Waals surface area (Å²) >= 11 is 0. The number of aryl methyl sites for hydroxylation is 1. The summed E-state index contributed by atoms with van der Waals surface area (Å²) in [6, 6.07) is 12.2. The van der Waals surface area contributed by atoms with E-state index >= 15 is 0 Å². The molecule has 3 aromatic rings. The van der Waals surface area contributed by atoms with Gasteiger partial charge in [0.15, 0.2) is 0 Å². The first-order valence-corrected chi connectivity index (χ1v) is 13.0. The molecule has 10 heteroatoms. The Hall–Kier alpha value is -3.47. The topological polar surface area (TPSA) is 124 Å². The molecule has 3 N–H and O–H groups in total. The van der Waals surface area contributed by atoms with Crippen LogP contribution < -0.4 is 10.5 Å². The number of fused-ring (bicyclic) bond motifs is 2. The van der Waals surface area contributed by atoms with E-state index in [1.165, 1.54) is 12.1 Å². The van der Waals surface area contributed by atoms with E-state index in [0.717, 1.165) is 16.5 Å². The van der Waals surface area contributed by atoms with Crippen molar-refractivity contribution in [2.24, 2.45) is 5.14 Å². The highest BCUT2D eigenvalue weighted by Gasteiger charge is 2.26. The first kappa shape index (κ1) is 23.3. The number of hydrogen-bond acceptors (Lipinski definition) is 5. The molecule has 1 saturated heterocycles. The number of nitrogens with one attached hydrogen (secondary N) is 1. The molecule has 0 aliphatic carbocycles. The molecule has 0 spiro atoms. The van der Waals surface area contributed by atoms with Crippen molar-refractivity contribution in [1.29, 1.82) is 0 Å². The fourth-order valence-corrected chi connectivity index (χ4v) is 5.13. The number of primary sulfonamides is 1. The van der Waals surface area contributed by atoms with E-state index in [2.05, 4.69) is 9.88 Å². The number of para-hydroxylation sites is 1. The van der Waals surface area contributed by atoms with Crippen LogP contribution in [0.25, 0.3) is 22.6 Å². The normalized spacial score (nSPS) is 17.1. The molecule has 0 bridgehead atoms. The van der Waals surface area contributed by atoms with Crippen molar-refractivity contribution in [2.45, 2.75) is 24.3 Å². The number of nitrogens with zero attached hydrogens (tertiary/aromatic N) is 2. The summed E-state index contributed by atoms with van der Waals surface area (Å²) in [5.41, 5.74) is 3.23. The molecule has 182 valence electrons. The van der Waals surface area contributed by atoms with Gasteiger partial charge in [0.2, 0.25) is 15.9 Å². The van der Waals surface area contributed by atoms with E-state index in [-0.39, 0.29) is 16.7 Å². The molecule has 5 rings (SSSR count). The Kier molecular flexibility index (Phi) is 6.18. The lowest BCUT2D eigenvalue weighted by Gasteiger charge is -2.26. The zero-order valence-electron chi connectivity index (χ0n) is 19.1. The van der Waals surface area contributed by atoms with Gasteiger partial charge in [0, 0.05) is 65.5 Å². The van der Waals surface area contributed by atoms with E-state index in [0.29, 0.717) is 62.5 Å². The van der Waals surface area contributed by atoms with E-state index < -0.39 is 10.0 Å². The van der Waals surface area contributed by atoms with Gasteiger partial charge in [-0.25, -0.2) is 13.6 Å². The van der Waals surface area contributed by atoms with Crippen molar-refractivity contribution in [3.63, 3.8) is 0 Å². The predicted molar refractivity (Wildman–Crippen MR) is 133 cm³/mol. The van der Waals surface area contributed by atoms with Crippen molar-refractivity contribution in [2.75, 3.05) is 31.6 Å². The first-order valence-electron chi connectivity index (χ1n) is 11.4. The molecular formula is C25H26N4O5S. The second-order valence-electron chi connectivity index (χ2n) is 8.66. The number of hydrogen-bond donors (Lipinski definition) is 2. The third-order valence-corrected chi connectivity index (χ3v) is 7.29. The van der Waals surface area contributed by atoms with Gasteiger partial charge in [0.1, 0.15) is 0 Å². The smallest absolute Gasteiger partial charge is 0.256 e. The maximum atomic E-state index is 12.7. The minimum atomic E-state index is -3.90. The van der Waals surface area contributed by atoms with Crippen molar-refractivity contribution < 1.29 is 22.7 Å². The number of carbonyl (C=O) groups is 2. The van der Waals surface area contributed by atoms with E-state index in [1.807, 2.05) is 35.4 Å². The zero-order valence-corrected chi connectivity index (χ0v) is 19.9. The lowest BCUT2D eigenvalue weighted by atomic mass is 10.0. The quantitative estimate of drug-likeness (QED) is 0.510. The van der Waals surface area contributed by atoms with Gasteiger partial charge in [0.25, 0.3) is 5.91 Å². The maximum Gasteiger partial charge on any atom is 0.256 e. The summed E-state index contributed by atoms with van der Waals surface area (Å²) in [6.07, 6.45) is 4.87. The average Bonchev–Trinajstić information content (AvgIpc) is 3.36. The largest absolute Gasteiger partial charge is 0.378 e. The number of sulfonamides is 1. The fourth-order valence-electron chi connectivity index (χ4n) is 4.59. The molecule has 3 heterocycles. The molecule has 0 atom stereocenters. The van der Waals surface area contributed by atoms with Crippen LogP contribution in [0.2, 0.25) is 0 Å². The Morgan fingerprint density at radius 2 is 1.91 bits per heavy atom. The molecule has 0 radical (unpaired) electrons. The average molecular weight is 495 g/mol. The standard InChI is InChI=1S/C25H26N4O5S/c26-35(32,33)18-7-8-22-20(15-18)21(25(31)27-22)14-17-16-29(23-5-2-1-4-19(17)23)9-3-6-24(30)28-10-12-34-13-11-28/h1-2,4-5,7-8,14-16H,3,6,9-13H2,(H,27,31)(H2,26,32,33)/b21-14-. The van der Waals surface area contributed by atoms with Crippen LogP contribution in [0.5, 0.6) is 0 Å². The van der Waals surface area contributed by atoms with Crippen LogP contribution >= 0.6 is 0 Å². The number of rotatable bonds is 6. The minimum Gasteiger partial charge on any atom is -0.378 e. The number of benzene rings is 2. The van der Waals surface area contributed by atoms with Gasteiger partial charge in [-0.1, -0.05) is 18.2 Å². The Bertz CT molecular complexity index is 1450. The van der Waals surface area contributed by atoms with Gasteiger partial charge in [-0.15, -0.1) is 0 Å². The SMILES string of the molecule is NS(=O)(=O)c1ccc2c(c1)/C(=C/c1cn(CCCC(=O)N3CCOCC3)c3ccccc13)C(=O)N2. The lowest BCUT2D eigenvalue weighted by molar-refractivity contribution is -0.135. The number of nitrogens with two attached hydrogens (primary N) is 1. The van der Waals surface area contributed by atoms with Gasteiger partial charge in [-0.05, 0) is 36.8 Å². The highest BCUT2D eigenvalue weighted by atomic mass is 32.2. The Balaban J connectivity index is 1.42. The molecule has 1 fully saturated rings. The van der Waals surface area contributed by atoms with Crippen LogP contribution in [0, 0.1) is 0 Å². The second-order valence-corrected chi connectivity index (χ2v) is 10.2. The van der Waals surface area contributed by atoms with Crippen molar-refractivity contribution in [1.82, 2.24) is 9.47 Å². The maximum absolute atomic E-state index is 12.7. The van der Waals surface area contributed by atoms with Crippen LogP contribution in [-0.4, -0.2) is 56.0 Å². The molecule has 1 aromatic heterocycles. The highest BCUT2D eigenvalue weighted by molar-refractivity contribution is 7.89. The molecule has 2 aliphatic rings. The monoisotopic (exact) mass is 494 g/mol. The molecule has 2 aromatic carbocycles. The van der Waals surface area contributed by atoms with Crippen LogP contribution in [0.3, 0.4) is 0 Å². The third-order valence-electron chi connectivity index (χ3n) is 6.38. The third kappa shape index (κ3) is 4.72. The van der Waals surface area contributed by atoms with E-state index in [9.17, 15) is 18.0 Å². The van der Waals surface area contributed by atoms with Crippen LogP contribution in [0.1, 0.15) is 24.0 Å². The number of aromatic nitrogens is 1. The summed E-state index contributed by atoms with van der Waals surface area (Å²) < 4.78 is 31.0. The lowest BCUT2D eigenvalue weighted by Crippen LogP contribution is -2.40. The van der Waals surface area contributed by atoms with Gasteiger partial charge in [0.05, 0.1) is 18.1 Å². The number of morpholine rings is 1. The number of ether oxygens (including phenoxy) is 1. The van der Waals surface area contributed by atoms with E-state index in [4.69, 9.17) is 9.88 Å². The number of anilines is 1. The zero-order chi connectivity index (χ0) is 24.6. The number of carbonyl (C=O) groups excluding carboxylic acids is 2. The highest BCUT2D eigenvalue weighted by Crippen LogP contribution is 2.36. The van der Waals surface area contributed by atoms with Crippen molar-refractivity contribution in [3.8, 4) is 0 Å². The molecule has 2 aliphatic heterocycles.